The minimum atomic E-state index is -0.0375. The molecule has 2 rings (SSSR count). The molecule has 1 aliphatic heterocycles. The second kappa shape index (κ2) is 6.95. The van der Waals surface area contributed by atoms with Crippen LogP contribution in [-0.4, -0.2) is 32.1 Å². The van der Waals surface area contributed by atoms with Crippen LogP contribution in [0.2, 0.25) is 0 Å². The van der Waals surface area contributed by atoms with Crippen LogP contribution in [0, 0.1) is 12.8 Å². The highest BCUT2D eigenvalue weighted by Gasteiger charge is 2.29. The van der Waals surface area contributed by atoms with E-state index in [-0.39, 0.29) is 30.3 Å². The first-order valence-corrected chi connectivity index (χ1v) is 6.76. The molecule has 0 aliphatic carbocycles. The van der Waals surface area contributed by atoms with Gasteiger partial charge in [0.25, 0.3) is 0 Å². The van der Waals surface area contributed by atoms with Crippen molar-refractivity contribution in [1.29, 1.82) is 0 Å². The fraction of sp³-hybridized carbons (Fsp3) is 0.533. The molecule has 5 heteroatoms. The number of halogens is 1. The molecule has 0 bridgehead atoms. The Labute approximate surface area is 126 Å². The van der Waals surface area contributed by atoms with Crippen molar-refractivity contribution in [2.45, 2.75) is 26.9 Å². The number of aryl methyl sites for hydroxylation is 1. The zero-order valence-electron chi connectivity index (χ0n) is 12.5. The lowest BCUT2D eigenvalue weighted by molar-refractivity contribution is -0.122. The van der Waals surface area contributed by atoms with Crippen LogP contribution in [0.3, 0.4) is 0 Å². The van der Waals surface area contributed by atoms with E-state index < -0.39 is 0 Å². The number of carbonyl (C=O) groups excluding carboxylic acids is 1. The Bertz CT molecular complexity index is 479. The molecule has 0 saturated heterocycles. The smallest absolute Gasteiger partial charge is 0.231 e. The molecule has 1 heterocycles. The van der Waals surface area contributed by atoms with Gasteiger partial charge in [-0.2, -0.15) is 0 Å². The average molecular weight is 299 g/mol. The molecule has 20 heavy (non-hydrogen) atoms. The van der Waals surface area contributed by atoms with E-state index in [2.05, 4.69) is 5.32 Å². The summed E-state index contributed by atoms with van der Waals surface area (Å²) in [5.74, 6) is 0.919. The predicted molar refractivity (Wildman–Crippen MR) is 84.0 cm³/mol. The molecule has 0 radical (unpaired) electrons. The topological polar surface area (TPSA) is 41.6 Å². The van der Waals surface area contributed by atoms with Crippen LogP contribution in [0.25, 0.3) is 0 Å². The van der Waals surface area contributed by atoms with Gasteiger partial charge in [-0.3, -0.25) is 4.79 Å². The van der Waals surface area contributed by atoms with E-state index in [9.17, 15) is 4.79 Å². The Hall–Kier alpha value is -1.26. The minimum Gasteiger partial charge on any atom is -0.487 e. The standard InChI is InChI=1S/C15H22N2O2.ClH/c1-10-5-6-13-14(7-10)19-12(3)9-17(13)15(18)11(2)8-16-4;/h5-7,11-12,16H,8-9H2,1-4H3;1H. The third kappa shape index (κ3) is 3.44. The first-order valence-electron chi connectivity index (χ1n) is 6.76. The van der Waals surface area contributed by atoms with Gasteiger partial charge in [0, 0.05) is 12.5 Å². The van der Waals surface area contributed by atoms with E-state index in [1.165, 1.54) is 0 Å². The van der Waals surface area contributed by atoms with E-state index >= 15 is 0 Å². The molecule has 1 amide bonds. The minimum absolute atomic E-state index is 0. The van der Waals surface area contributed by atoms with Crippen LogP contribution < -0.4 is 15.0 Å². The molecular weight excluding hydrogens is 276 g/mol. The molecule has 0 aromatic heterocycles. The first kappa shape index (κ1) is 16.8. The first-order chi connectivity index (χ1) is 9.02. The number of nitrogens with zero attached hydrogens (tertiary/aromatic N) is 1. The van der Waals surface area contributed by atoms with Gasteiger partial charge in [0.1, 0.15) is 11.9 Å². The summed E-state index contributed by atoms with van der Waals surface area (Å²) in [6, 6.07) is 5.98. The Morgan fingerprint density at radius 1 is 1.55 bits per heavy atom. The second-order valence-electron chi connectivity index (χ2n) is 5.31. The largest absolute Gasteiger partial charge is 0.487 e. The van der Waals surface area contributed by atoms with Gasteiger partial charge in [0.2, 0.25) is 5.91 Å². The fourth-order valence-electron chi connectivity index (χ4n) is 2.42. The summed E-state index contributed by atoms with van der Waals surface area (Å²) in [6.45, 7) is 7.27. The number of carbonyl (C=O) groups is 1. The fourth-order valence-corrected chi connectivity index (χ4v) is 2.42. The zero-order valence-corrected chi connectivity index (χ0v) is 13.3. The van der Waals surface area contributed by atoms with Crippen LogP contribution in [0.1, 0.15) is 19.4 Å². The number of amides is 1. The quantitative estimate of drug-likeness (QED) is 0.931. The predicted octanol–water partition coefficient (Wildman–Crippen LogP) is 2.39. The van der Waals surface area contributed by atoms with Gasteiger partial charge in [0.15, 0.2) is 0 Å². The lowest BCUT2D eigenvalue weighted by Gasteiger charge is -2.35. The maximum absolute atomic E-state index is 12.5. The molecule has 112 valence electrons. The van der Waals surface area contributed by atoms with Crippen LogP contribution in [0.5, 0.6) is 5.75 Å². The van der Waals surface area contributed by atoms with Crippen LogP contribution >= 0.6 is 12.4 Å². The van der Waals surface area contributed by atoms with Crippen molar-refractivity contribution in [3.05, 3.63) is 23.8 Å². The lowest BCUT2D eigenvalue weighted by Crippen LogP contribution is -2.46. The SMILES string of the molecule is CNCC(C)C(=O)N1CC(C)Oc2cc(C)ccc21.Cl. The third-order valence-electron chi connectivity index (χ3n) is 3.37. The maximum atomic E-state index is 12.5. The van der Waals surface area contributed by atoms with Crippen LogP contribution in [0.4, 0.5) is 5.69 Å². The van der Waals surface area contributed by atoms with Gasteiger partial charge in [-0.1, -0.05) is 13.0 Å². The molecule has 1 aromatic carbocycles. The van der Waals surface area contributed by atoms with Crippen LogP contribution in [0.15, 0.2) is 18.2 Å². The highest BCUT2D eigenvalue weighted by Crippen LogP contribution is 2.34. The molecule has 1 aromatic rings. The number of hydrogen-bond donors (Lipinski definition) is 1. The Morgan fingerprint density at radius 3 is 2.90 bits per heavy atom. The van der Waals surface area contributed by atoms with E-state index in [1.54, 1.807) is 0 Å². The number of benzene rings is 1. The summed E-state index contributed by atoms with van der Waals surface area (Å²) in [7, 11) is 1.86. The second-order valence-corrected chi connectivity index (χ2v) is 5.31. The monoisotopic (exact) mass is 298 g/mol. The Kier molecular flexibility index (Phi) is 5.84. The van der Waals surface area contributed by atoms with Crippen molar-refractivity contribution in [1.82, 2.24) is 5.32 Å². The number of ether oxygens (including phenoxy) is 1. The number of hydrogen-bond acceptors (Lipinski definition) is 3. The highest BCUT2D eigenvalue weighted by molar-refractivity contribution is 5.97. The van der Waals surface area contributed by atoms with Gasteiger partial charge < -0.3 is 15.0 Å². The third-order valence-corrected chi connectivity index (χ3v) is 3.37. The maximum Gasteiger partial charge on any atom is 0.231 e. The molecule has 4 nitrogen and oxygen atoms in total. The number of fused-ring (bicyclic) bond motifs is 1. The summed E-state index contributed by atoms with van der Waals surface area (Å²) in [5, 5.41) is 3.05. The van der Waals surface area contributed by atoms with Gasteiger partial charge in [0.05, 0.1) is 12.2 Å². The molecule has 0 saturated carbocycles. The van der Waals surface area contributed by atoms with Crippen molar-refractivity contribution < 1.29 is 9.53 Å². The number of nitrogens with one attached hydrogen (secondary N) is 1. The van der Waals surface area contributed by atoms with Gasteiger partial charge in [-0.15, -0.1) is 12.4 Å². The number of anilines is 1. The van der Waals surface area contributed by atoms with Gasteiger partial charge >= 0.3 is 0 Å². The van der Waals surface area contributed by atoms with Gasteiger partial charge in [-0.25, -0.2) is 0 Å². The number of rotatable bonds is 3. The summed E-state index contributed by atoms with van der Waals surface area (Å²) in [4.78, 5) is 14.4. The normalized spacial score (nSPS) is 18.6. The molecule has 0 spiro atoms. The Balaban J connectivity index is 0.00000200. The molecular formula is C15H23ClN2O2. The molecule has 1 aliphatic rings. The summed E-state index contributed by atoms with van der Waals surface area (Å²) >= 11 is 0. The van der Waals surface area contributed by atoms with Crippen molar-refractivity contribution in [2.75, 3.05) is 25.0 Å². The summed E-state index contributed by atoms with van der Waals surface area (Å²) in [6.07, 6.45) is 0.0278. The van der Waals surface area contributed by atoms with Crippen molar-refractivity contribution in [2.24, 2.45) is 5.92 Å². The van der Waals surface area contributed by atoms with E-state index in [4.69, 9.17) is 4.74 Å². The molecule has 0 fully saturated rings. The van der Waals surface area contributed by atoms with Crippen molar-refractivity contribution in [3.8, 4) is 5.75 Å². The van der Waals surface area contributed by atoms with Crippen LogP contribution in [-0.2, 0) is 4.79 Å². The molecule has 1 N–H and O–H groups in total. The lowest BCUT2D eigenvalue weighted by atomic mass is 10.1. The van der Waals surface area contributed by atoms with E-state index in [1.807, 2.05) is 50.9 Å². The van der Waals surface area contributed by atoms with Crippen molar-refractivity contribution in [3.63, 3.8) is 0 Å². The average Bonchev–Trinajstić information content (AvgIpc) is 2.36. The molecule has 2 unspecified atom stereocenters. The van der Waals surface area contributed by atoms with Crippen molar-refractivity contribution >= 4 is 24.0 Å². The highest BCUT2D eigenvalue weighted by atomic mass is 35.5. The zero-order chi connectivity index (χ0) is 14.0. The summed E-state index contributed by atoms with van der Waals surface area (Å²) in [5.41, 5.74) is 2.03. The Morgan fingerprint density at radius 2 is 2.25 bits per heavy atom. The summed E-state index contributed by atoms with van der Waals surface area (Å²) < 4.78 is 5.82. The van der Waals surface area contributed by atoms with Gasteiger partial charge in [-0.05, 0) is 38.6 Å². The molecule has 2 atom stereocenters. The van der Waals surface area contributed by atoms with E-state index in [0.717, 1.165) is 17.0 Å². The van der Waals surface area contributed by atoms with E-state index in [0.29, 0.717) is 13.1 Å².